The molecule has 2 N–H and O–H groups in total. The van der Waals surface area contributed by atoms with Gasteiger partial charge in [0.25, 0.3) is 5.91 Å². The molecule has 6 nitrogen and oxygen atoms in total. The molecule has 1 heterocycles. The van der Waals surface area contributed by atoms with E-state index in [-0.39, 0.29) is 29.6 Å². The highest BCUT2D eigenvalue weighted by Gasteiger charge is 2.50. The van der Waals surface area contributed by atoms with Crippen molar-refractivity contribution in [3.63, 3.8) is 0 Å². The Hall–Kier alpha value is -3.30. The fourth-order valence-electron chi connectivity index (χ4n) is 3.27. The van der Waals surface area contributed by atoms with E-state index in [4.69, 9.17) is 10.5 Å². The number of rotatable bonds is 7. The zero-order valence-corrected chi connectivity index (χ0v) is 16.2. The lowest BCUT2D eigenvalue weighted by Crippen LogP contribution is -2.41. The third kappa shape index (κ3) is 3.64. The highest BCUT2D eigenvalue weighted by atomic mass is 19.3. The van der Waals surface area contributed by atoms with Gasteiger partial charge in [0.05, 0.1) is 0 Å². The second-order valence-electron chi connectivity index (χ2n) is 6.59. The van der Waals surface area contributed by atoms with Gasteiger partial charge in [0.2, 0.25) is 0 Å². The highest BCUT2D eigenvalue weighted by molar-refractivity contribution is 6.09. The molecule has 2 aromatic carbocycles. The van der Waals surface area contributed by atoms with E-state index in [1.807, 2.05) is 0 Å². The minimum absolute atomic E-state index is 0.0641. The van der Waals surface area contributed by atoms with Crippen LogP contribution in [0.4, 0.5) is 17.6 Å². The van der Waals surface area contributed by atoms with E-state index in [9.17, 15) is 22.4 Å². The Morgan fingerprint density at radius 3 is 2.40 bits per heavy atom. The van der Waals surface area contributed by atoms with Crippen LogP contribution in [0, 0.1) is 12.7 Å². The molecule has 0 unspecified atom stereocenters. The van der Waals surface area contributed by atoms with Crippen LogP contribution in [0.5, 0.6) is 11.5 Å². The standard InChI is InChI=1S/C20H19F4N3O3/c1-11-9-12(4-6-15(11)30-18(23)24)20(17(28)27(2)19(25)26-20)13-3-5-14(22)16(10-13)29-8-7-21/h3-6,9-10,18H,7-8H2,1-2H3,(H2,25,26)/t20-/m1/s1. The molecule has 0 saturated carbocycles. The first-order valence-electron chi connectivity index (χ1n) is 8.89. The number of nitrogens with two attached hydrogens (primary N) is 1. The van der Waals surface area contributed by atoms with Crippen LogP contribution in [0.25, 0.3) is 0 Å². The molecule has 0 saturated heterocycles. The second-order valence-corrected chi connectivity index (χ2v) is 6.59. The Balaban J connectivity index is 2.18. The first kappa shape index (κ1) is 21.4. The predicted octanol–water partition coefficient (Wildman–Crippen LogP) is 3.11. The maximum Gasteiger partial charge on any atom is 0.387 e. The smallest absolute Gasteiger partial charge is 0.387 e. The van der Waals surface area contributed by atoms with Crippen LogP contribution in [0.2, 0.25) is 0 Å². The van der Waals surface area contributed by atoms with Crippen LogP contribution in [-0.4, -0.2) is 43.7 Å². The van der Waals surface area contributed by atoms with Gasteiger partial charge >= 0.3 is 6.61 Å². The lowest BCUT2D eigenvalue weighted by molar-refractivity contribution is -0.129. The molecule has 0 bridgehead atoms. The van der Waals surface area contributed by atoms with E-state index in [2.05, 4.69) is 9.73 Å². The van der Waals surface area contributed by atoms with E-state index in [0.29, 0.717) is 11.1 Å². The summed E-state index contributed by atoms with van der Waals surface area (Å²) in [5.74, 6) is -1.68. The lowest BCUT2D eigenvalue weighted by atomic mass is 9.82. The number of benzene rings is 2. The minimum atomic E-state index is -3.01. The van der Waals surface area contributed by atoms with Gasteiger partial charge < -0.3 is 15.2 Å². The van der Waals surface area contributed by atoms with E-state index in [1.165, 1.54) is 44.3 Å². The molecule has 1 amide bonds. The number of likely N-dealkylation sites (N-methyl/N-ethyl adjacent to an activating group) is 1. The van der Waals surface area contributed by atoms with E-state index in [1.54, 1.807) is 0 Å². The largest absolute Gasteiger partial charge is 0.488 e. The first-order valence-corrected chi connectivity index (χ1v) is 8.89. The number of hydrogen-bond donors (Lipinski definition) is 1. The van der Waals surface area contributed by atoms with E-state index >= 15 is 0 Å². The van der Waals surface area contributed by atoms with Gasteiger partial charge in [0, 0.05) is 7.05 Å². The third-order valence-corrected chi connectivity index (χ3v) is 4.73. The number of aryl methyl sites for hydroxylation is 1. The summed E-state index contributed by atoms with van der Waals surface area (Å²) in [6, 6.07) is 7.83. The van der Waals surface area contributed by atoms with Crippen LogP contribution in [0.3, 0.4) is 0 Å². The number of amides is 1. The van der Waals surface area contributed by atoms with E-state index in [0.717, 1.165) is 11.0 Å². The van der Waals surface area contributed by atoms with Crippen molar-refractivity contribution in [3.8, 4) is 11.5 Å². The molecule has 1 atom stereocenters. The summed E-state index contributed by atoms with van der Waals surface area (Å²) in [5, 5.41) is 0. The van der Waals surface area contributed by atoms with Gasteiger partial charge in [0.15, 0.2) is 23.1 Å². The fraction of sp³-hybridized carbons (Fsp3) is 0.300. The summed E-state index contributed by atoms with van der Waals surface area (Å²) in [4.78, 5) is 18.7. The highest BCUT2D eigenvalue weighted by Crippen LogP contribution is 2.42. The van der Waals surface area contributed by atoms with Crippen molar-refractivity contribution in [2.24, 2.45) is 10.7 Å². The molecule has 30 heavy (non-hydrogen) atoms. The Morgan fingerprint density at radius 2 is 1.83 bits per heavy atom. The van der Waals surface area contributed by atoms with Crippen molar-refractivity contribution in [3.05, 3.63) is 58.9 Å². The van der Waals surface area contributed by atoms with Crippen LogP contribution in [0.15, 0.2) is 41.4 Å². The number of ether oxygens (including phenoxy) is 2. The second kappa shape index (κ2) is 8.21. The number of aliphatic imine (C=N–C) groups is 1. The van der Waals surface area contributed by atoms with Crippen molar-refractivity contribution in [2.75, 3.05) is 20.3 Å². The number of nitrogens with zero attached hydrogens (tertiary/aromatic N) is 2. The van der Waals surface area contributed by atoms with Crippen LogP contribution < -0.4 is 15.2 Å². The number of carbonyl (C=O) groups is 1. The normalized spacial score (nSPS) is 18.7. The Labute approximate surface area is 169 Å². The lowest BCUT2D eigenvalue weighted by Gasteiger charge is -2.27. The summed E-state index contributed by atoms with van der Waals surface area (Å²) in [5.41, 5.74) is 5.04. The van der Waals surface area contributed by atoms with Gasteiger partial charge in [-0.15, -0.1) is 0 Å². The van der Waals surface area contributed by atoms with Gasteiger partial charge in [0.1, 0.15) is 19.0 Å². The van der Waals surface area contributed by atoms with Gasteiger partial charge in [-0.2, -0.15) is 8.78 Å². The number of carbonyl (C=O) groups excluding carboxylic acids is 1. The molecule has 3 rings (SSSR count). The average Bonchev–Trinajstić information content (AvgIpc) is 2.93. The molecule has 0 aromatic heterocycles. The molecule has 0 spiro atoms. The predicted molar refractivity (Wildman–Crippen MR) is 101 cm³/mol. The van der Waals surface area contributed by atoms with E-state index < -0.39 is 30.5 Å². The average molecular weight is 425 g/mol. The Bertz CT molecular complexity index is 999. The van der Waals surface area contributed by atoms with Crippen molar-refractivity contribution >= 4 is 11.9 Å². The van der Waals surface area contributed by atoms with Crippen molar-refractivity contribution < 1.29 is 31.8 Å². The summed E-state index contributed by atoms with van der Waals surface area (Å²) in [6.45, 7) is -2.67. The van der Waals surface area contributed by atoms with Crippen molar-refractivity contribution in [1.29, 1.82) is 0 Å². The van der Waals surface area contributed by atoms with Crippen LogP contribution in [-0.2, 0) is 10.3 Å². The third-order valence-electron chi connectivity index (χ3n) is 4.73. The molecule has 0 aliphatic carbocycles. The molecule has 0 radical (unpaired) electrons. The van der Waals surface area contributed by atoms with Crippen LogP contribution in [0.1, 0.15) is 16.7 Å². The van der Waals surface area contributed by atoms with Crippen molar-refractivity contribution in [1.82, 2.24) is 4.90 Å². The summed E-state index contributed by atoms with van der Waals surface area (Å²) in [6.07, 6.45) is 0. The topological polar surface area (TPSA) is 77.2 Å². The number of halogens is 4. The Kier molecular flexibility index (Phi) is 5.86. The van der Waals surface area contributed by atoms with Crippen molar-refractivity contribution in [2.45, 2.75) is 19.1 Å². The minimum Gasteiger partial charge on any atom is -0.488 e. The summed E-state index contributed by atoms with van der Waals surface area (Å²) < 4.78 is 61.3. The zero-order valence-electron chi connectivity index (χ0n) is 16.2. The molecule has 2 aromatic rings. The molecular weight excluding hydrogens is 406 g/mol. The molecule has 1 aliphatic heterocycles. The molecule has 0 fully saturated rings. The number of alkyl halides is 3. The van der Waals surface area contributed by atoms with Gasteiger partial charge in [-0.1, -0.05) is 12.1 Å². The Morgan fingerprint density at radius 1 is 1.17 bits per heavy atom. The fourth-order valence-corrected chi connectivity index (χ4v) is 3.27. The number of hydrogen-bond acceptors (Lipinski definition) is 5. The first-order chi connectivity index (χ1) is 14.2. The van der Waals surface area contributed by atoms with Gasteiger partial charge in [-0.25, -0.2) is 13.8 Å². The maximum absolute atomic E-state index is 14.1. The SMILES string of the molecule is Cc1cc([C@]2(c3ccc(F)c(OCCF)c3)N=C(N)N(C)C2=O)ccc1OC(F)F. The number of guanidine groups is 1. The summed E-state index contributed by atoms with van der Waals surface area (Å²) >= 11 is 0. The molecular formula is C20H19F4N3O3. The quantitative estimate of drug-likeness (QED) is 0.692. The summed E-state index contributed by atoms with van der Waals surface area (Å²) in [7, 11) is 1.42. The molecule has 160 valence electrons. The van der Waals surface area contributed by atoms with Gasteiger partial charge in [-0.3, -0.25) is 9.69 Å². The molecule has 10 heteroatoms. The zero-order chi connectivity index (χ0) is 22.1. The van der Waals surface area contributed by atoms with Gasteiger partial charge in [-0.05, 0) is 47.9 Å². The molecule has 1 aliphatic rings. The maximum atomic E-state index is 14.1. The van der Waals surface area contributed by atoms with Crippen LogP contribution >= 0.6 is 0 Å². The monoisotopic (exact) mass is 425 g/mol.